The molecule has 90 valence electrons. The standard InChI is InChI=1S/C9H9BrF3NOS/c10-8-2-1-7(16-8)3-6(15)4-14-5-9(11,12)13/h1-2,14H,3-5H2. The lowest BCUT2D eigenvalue weighted by Crippen LogP contribution is -2.33. The van der Waals surface area contributed by atoms with Crippen LogP contribution in [0.2, 0.25) is 0 Å². The fraction of sp³-hybridized carbons (Fsp3) is 0.444. The van der Waals surface area contributed by atoms with E-state index in [0.29, 0.717) is 0 Å². The van der Waals surface area contributed by atoms with Gasteiger partial charge in [-0.15, -0.1) is 11.3 Å². The molecule has 7 heteroatoms. The van der Waals surface area contributed by atoms with Crippen LogP contribution in [0, 0.1) is 0 Å². The number of alkyl halides is 3. The number of nitrogens with one attached hydrogen (secondary N) is 1. The number of ketones is 1. The number of thiophene rings is 1. The van der Waals surface area contributed by atoms with E-state index in [1.807, 2.05) is 0 Å². The van der Waals surface area contributed by atoms with Gasteiger partial charge in [0.25, 0.3) is 0 Å². The smallest absolute Gasteiger partial charge is 0.302 e. The van der Waals surface area contributed by atoms with Gasteiger partial charge in [0.2, 0.25) is 0 Å². The van der Waals surface area contributed by atoms with Crippen molar-refractivity contribution in [3.05, 3.63) is 20.8 Å². The molecular weight excluding hydrogens is 307 g/mol. The highest BCUT2D eigenvalue weighted by Gasteiger charge is 2.26. The van der Waals surface area contributed by atoms with Crippen LogP contribution in [0.25, 0.3) is 0 Å². The van der Waals surface area contributed by atoms with Gasteiger partial charge in [-0.3, -0.25) is 4.79 Å². The number of carbonyl (C=O) groups excluding carboxylic acids is 1. The highest BCUT2D eigenvalue weighted by Crippen LogP contribution is 2.22. The SMILES string of the molecule is O=C(CNCC(F)(F)F)Cc1ccc(Br)s1. The molecule has 0 aliphatic rings. The Morgan fingerprint density at radius 1 is 1.44 bits per heavy atom. The molecule has 0 bridgehead atoms. The van der Waals surface area contributed by atoms with Crippen LogP contribution in [-0.2, 0) is 11.2 Å². The Labute approximate surface area is 103 Å². The Morgan fingerprint density at radius 2 is 2.12 bits per heavy atom. The summed E-state index contributed by atoms with van der Waals surface area (Å²) < 4.78 is 36.2. The number of halogens is 4. The van der Waals surface area contributed by atoms with Crippen LogP contribution in [0.3, 0.4) is 0 Å². The molecule has 0 atom stereocenters. The second kappa shape index (κ2) is 5.79. The second-order valence-electron chi connectivity index (χ2n) is 3.14. The molecule has 0 unspecified atom stereocenters. The van der Waals surface area contributed by atoms with Crippen molar-refractivity contribution in [3.63, 3.8) is 0 Å². The molecule has 0 saturated carbocycles. The zero-order valence-electron chi connectivity index (χ0n) is 8.10. The van der Waals surface area contributed by atoms with Gasteiger partial charge in [-0.25, -0.2) is 0 Å². The number of Topliss-reactive ketones (excluding diaryl/α,β-unsaturated/α-hetero) is 1. The van der Waals surface area contributed by atoms with Gasteiger partial charge in [-0.2, -0.15) is 13.2 Å². The summed E-state index contributed by atoms with van der Waals surface area (Å²) in [5.41, 5.74) is 0. The molecule has 0 spiro atoms. The lowest BCUT2D eigenvalue weighted by atomic mass is 10.2. The van der Waals surface area contributed by atoms with E-state index >= 15 is 0 Å². The second-order valence-corrected chi connectivity index (χ2v) is 5.69. The first-order valence-electron chi connectivity index (χ1n) is 4.40. The molecule has 0 radical (unpaired) electrons. The van der Waals surface area contributed by atoms with Crippen LogP contribution in [0.15, 0.2) is 15.9 Å². The molecule has 1 aromatic rings. The lowest BCUT2D eigenvalue weighted by molar-refractivity contribution is -0.127. The Balaban J connectivity index is 2.26. The maximum absolute atomic E-state index is 11.8. The predicted octanol–water partition coefficient (Wildman–Crippen LogP) is 2.77. The van der Waals surface area contributed by atoms with Gasteiger partial charge >= 0.3 is 6.18 Å². The Bertz CT molecular complexity index is 364. The summed E-state index contributed by atoms with van der Waals surface area (Å²) in [6.45, 7) is -1.39. The van der Waals surface area contributed by atoms with E-state index in [4.69, 9.17) is 0 Å². The highest BCUT2D eigenvalue weighted by atomic mass is 79.9. The minimum atomic E-state index is -4.27. The Kier molecular flexibility index (Phi) is 4.94. The zero-order chi connectivity index (χ0) is 12.2. The van der Waals surface area contributed by atoms with Crippen LogP contribution in [0.1, 0.15) is 4.88 Å². The van der Waals surface area contributed by atoms with Gasteiger partial charge < -0.3 is 5.32 Å². The van der Waals surface area contributed by atoms with Gasteiger partial charge in [0.1, 0.15) is 0 Å². The number of hydrogen-bond acceptors (Lipinski definition) is 3. The lowest BCUT2D eigenvalue weighted by Gasteiger charge is -2.06. The summed E-state index contributed by atoms with van der Waals surface area (Å²) >= 11 is 4.64. The maximum atomic E-state index is 11.8. The van der Waals surface area contributed by atoms with E-state index in [2.05, 4.69) is 21.2 Å². The van der Waals surface area contributed by atoms with Gasteiger partial charge in [0.15, 0.2) is 5.78 Å². The third-order valence-corrected chi connectivity index (χ3v) is 3.27. The summed E-state index contributed by atoms with van der Waals surface area (Å²) in [5, 5.41) is 2.07. The fourth-order valence-corrected chi connectivity index (χ4v) is 2.56. The molecule has 0 aromatic carbocycles. The quantitative estimate of drug-likeness (QED) is 0.905. The molecular formula is C9H9BrF3NOS. The minimum absolute atomic E-state index is 0.168. The maximum Gasteiger partial charge on any atom is 0.401 e. The van der Waals surface area contributed by atoms with E-state index in [1.54, 1.807) is 12.1 Å². The molecule has 0 saturated heterocycles. The van der Waals surface area contributed by atoms with Crippen LogP contribution >= 0.6 is 27.3 Å². The van der Waals surface area contributed by atoms with E-state index in [0.717, 1.165) is 8.66 Å². The van der Waals surface area contributed by atoms with Crippen molar-refractivity contribution in [3.8, 4) is 0 Å². The number of rotatable bonds is 5. The summed E-state index contributed by atoms with van der Waals surface area (Å²) in [4.78, 5) is 12.1. The van der Waals surface area contributed by atoms with Crippen molar-refractivity contribution >= 4 is 33.0 Å². The third-order valence-electron chi connectivity index (χ3n) is 1.65. The van der Waals surface area contributed by atoms with Gasteiger partial charge in [0, 0.05) is 11.3 Å². The third kappa shape index (κ3) is 5.62. The summed E-state index contributed by atoms with van der Waals surface area (Å²) in [6, 6.07) is 3.58. The largest absolute Gasteiger partial charge is 0.401 e. The van der Waals surface area contributed by atoms with Crippen molar-refractivity contribution in [2.24, 2.45) is 0 Å². The Hall–Kier alpha value is -0.400. The molecule has 1 aromatic heterocycles. The van der Waals surface area contributed by atoms with Crippen LogP contribution in [0.4, 0.5) is 13.2 Å². The first kappa shape index (κ1) is 13.7. The van der Waals surface area contributed by atoms with Gasteiger partial charge in [-0.05, 0) is 28.1 Å². The van der Waals surface area contributed by atoms with E-state index in [9.17, 15) is 18.0 Å². The summed E-state index contributed by atoms with van der Waals surface area (Å²) in [5.74, 6) is -0.251. The highest BCUT2D eigenvalue weighted by molar-refractivity contribution is 9.11. The Morgan fingerprint density at radius 3 is 2.62 bits per heavy atom. The average Bonchev–Trinajstić information content (AvgIpc) is 2.48. The molecule has 2 nitrogen and oxygen atoms in total. The van der Waals surface area contributed by atoms with Crippen LogP contribution in [0.5, 0.6) is 0 Å². The first-order valence-corrected chi connectivity index (χ1v) is 6.01. The van der Waals surface area contributed by atoms with Crippen LogP contribution in [-0.4, -0.2) is 25.0 Å². The van der Waals surface area contributed by atoms with Gasteiger partial charge in [0.05, 0.1) is 16.9 Å². The van der Waals surface area contributed by atoms with Crippen molar-refractivity contribution in [2.45, 2.75) is 12.6 Å². The summed E-state index contributed by atoms with van der Waals surface area (Å²) in [6.07, 6.45) is -4.10. The van der Waals surface area contributed by atoms with Crippen molar-refractivity contribution in [1.82, 2.24) is 5.32 Å². The van der Waals surface area contributed by atoms with Crippen molar-refractivity contribution in [1.29, 1.82) is 0 Å². The van der Waals surface area contributed by atoms with Crippen molar-refractivity contribution in [2.75, 3.05) is 13.1 Å². The molecule has 1 heterocycles. The normalized spacial score (nSPS) is 11.8. The number of hydrogen-bond donors (Lipinski definition) is 1. The molecule has 16 heavy (non-hydrogen) atoms. The zero-order valence-corrected chi connectivity index (χ0v) is 10.5. The number of carbonyl (C=O) groups is 1. The summed E-state index contributed by atoms with van der Waals surface area (Å²) in [7, 11) is 0. The van der Waals surface area contributed by atoms with Crippen LogP contribution < -0.4 is 5.32 Å². The molecule has 0 amide bonds. The van der Waals surface area contributed by atoms with E-state index in [1.165, 1.54) is 11.3 Å². The molecule has 0 aliphatic carbocycles. The van der Waals surface area contributed by atoms with E-state index < -0.39 is 12.7 Å². The monoisotopic (exact) mass is 315 g/mol. The first-order chi connectivity index (χ1) is 7.37. The topological polar surface area (TPSA) is 29.1 Å². The van der Waals surface area contributed by atoms with Crippen molar-refractivity contribution < 1.29 is 18.0 Å². The predicted molar refractivity (Wildman–Crippen MR) is 59.7 cm³/mol. The van der Waals surface area contributed by atoms with E-state index in [-0.39, 0.29) is 18.7 Å². The fourth-order valence-electron chi connectivity index (χ4n) is 1.05. The molecule has 1 rings (SSSR count). The molecule has 0 fully saturated rings. The molecule has 0 aliphatic heterocycles. The van der Waals surface area contributed by atoms with Gasteiger partial charge in [-0.1, -0.05) is 0 Å². The molecule has 1 N–H and O–H groups in total. The average molecular weight is 316 g/mol. The minimum Gasteiger partial charge on any atom is -0.302 e.